The van der Waals surface area contributed by atoms with Crippen LogP contribution in [-0.2, 0) is 7.05 Å². The summed E-state index contributed by atoms with van der Waals surface area (Å²) < 4.78 is 13.4. The number of nitrogens with one attached hydrogen (secondary N) is 2. The lowest BCUT2D eigenvalue weighted by atomic mass is 10.1. The second-order valence-electron chi connectivity index (χ2n) is 7.66. The molecular weight excluding hydrogens is 432 g/mol. The van der Waals surface area contributed by atoms with Crippen LogP contribution in [0.4, 0.5) is 11.6 Å². The van der Waals surface area contributed by atoms with Gasteiger partial charge in [-0.3, -0.25) is 9.78 Å². The molecule has 34 heavy (non-hydrogen) atoms. The summed E-state index contributed by atoms with van der Waals surface area (Å²) in [5.41, 5.74) is 4.39. The number of hydrogen-bond acceptors (Lipinski definition) is 7. The summed E-state index contributed by atoms with van der Waals surface area (Å²) in [7, 11) is 3.49. The van der Waals surface area contributed by atoms with E-state index < -0.39 is 0 Å². The zero-order valence-corrected chi connectivity index (χ0v) is 18.9. The molecule has 0 radical (unpaired) electrons. The number of hydrogen-bond donors (Lipinski definition) is 2. The van der Waals surface area contributed by atoms with Crippen molar-refractivity contribution in [2.24, 2.45) is 7.05 Å². The maximum atomic E-state index is 11.8. The molecule has 0 saturated heterocycles. The SMILES string of the molecule is CNC(=O)c1cc(Oc2ccc3c(c2)nc(Nc2c(-c4ccccc4)noc2C)n3C)ccn1. The normalized spacial score (nSPS) is 10.9. The molecule has 170 valence electrons. The molecule has 0 aliphatic carbocycles. The highest BCUT2D eigenvalue weighted by molar-refractivity contribution is 5.92. The average Bonchev–Trinajstić information content (AvgIpc) is 3.38. The van der Waals surface area contributed by atoms with Crippen LogP contribution >= 0.6 is 0 Å². The Labute approximate surface area is 195 Å². The quantitative estimate of drug-likeness (QED) is 0.378. The summed E-state index contributed by atoms with van der Waals surface area (Å²) in [4.78, 5) is 20.7. The lowest BCUT2D eigenvalue weighted by molar-refractivity contribution is 0.0958. The van der Waals surface area contributed by atoms with Crippen LogP contribution in [-0.4, -0.2) is 32.6 Å². The van der Waals surface area contributed by atoms with Crippen molar-refractivity contribution in [2.75, 3.05) is 12.4 Å². The Morgan fingerprint density at radius 3 is 2.65 bits per heavy atom. The van der Waals surface area contributed by atoms with E-state index in [2.05, 4.69) is 20.8 Å². The van der Waals surface area contributed by atoms with E-state index >= 15 is 0 Å². The van der Waals surface area contributed by atoms with Gasteiger partial charge >= 0.3 is 0 Å². The highest BCUT2D eigenvalue weighted by atomic mass is 16.5. The third kappa shape index (κ3) is 3.95. The number of aromatic nitrogens is 4. The topological polar surface area (TPSA) is 107 Å². The number of ether oxygens (including phenoxy) is 1. The smallest absolute Gasteiger partial charge is 0.269 e. The minimum Gasteiger partial charge on any atom is -0.457 e. The standard InChI is InChI=1S/C25H22N6O3/c1-15-22(23(30-34-15)16-7-5-4-6-8-16)29-25-28-19-13-17(9-10-21(19)31(25)3)33-18-11-12-27-20(14-18)24(32)26-2/h4-14H,1-3H3,(H,26,32)(H,28,29). The summed E-state index contributed by atoms with van der Waals surface area (Å²) in [6.45, 7) is 1.86. The molecule has 0 aliphatic rings. The van der Waals surface area contributed by atoms with Gasteiger partial charge in [-0.25, -0.2) is 4.98 Å². The van der Waals surface area contributed by atoms with Crippen molar-refractivity contribution in [3.8, 4) is 22.8 Å². The van der Waals surface area contributed by atoms with Crippen LogP contribution in [0.1, 0.15) is 16.2 Å². The van der Waals surface area contributed by atoms with Crippen LogP contribution in [0.3, 0.4) is 0 Å². The van der Waals surface area contributed by atoms with Gasteiger partial charge in [-0.15, -0.1) is 0 Å². The first kappa shape index (κ1) is 21.2. The Hall–Kier alpha value is -4.66. The van der Waals surface area contributed by atoms with E-state index in [9.17, 15) is 4.79 Å². The van der Waals surface area contributed by atoms with Gasteiger partial charge in [0.2, 0.25) is 5.95 Å². The Kier molecular flexibility index (Phi) is 5.43. The van der Waals surface area contributed by atoms with Crippen LogP contribution in [0.5, 0.6) is 11.5 Å². The fourth-order valence-electron chi connectivity index (χ4n) is 3.64. The molecule has 0 atom stereocenters. The predicted octanol–water partition coefficient (Wildman–Crippen LogP) is 4.83. The lowest BCUT2D eigenvalue weighted by Gasteiger charge is -2.07. The molecule has 0 bridgehead atoms. The van der Waals surface area contributed by atoms with Crippen molar-refractivity contribution < 1.29 is 14.1 Å². The summed E-state index contributed by atoms with van der Waals surface area (Å²) >= 11 is 0. The number of aryl methyl sites for hydroxylation is 2. The number of carbonyl (C=O) groups excluding carboxylic acids is 1. The van der Waals surface area contributed by atoms with Crippen LogP contribution in [0.15, 0.2) is 71.4 Å². The number of imidazole rings is 1. The summed E-state index contributed by atoms with van der Waals surface area (Å²) in [6.07, 6.45) is 1.53. The molecule has 9 heteroatoms. The van der Waals surface area contributed by atoms with Gasteiger partial charge in [0.1, 0.15) is 28.6 Å². The van der Waals surface area contributed by atoms with Gasteiger partial charge in [-0.1, -0.05) is 35.5 Å². The second kappa shape index (κ2) is 8.70. The molecule has 5 aromatic rings. The maximum Gasteiger partial charge on any atom is 0.269 e. The van der Waals surface area contributed by atoms with E-state index in [0.717, 1.165) is 28.0 Å². The van der Waals surface area contributed by atoms with Gasteiger partial charge in [0.25, 0.3) is 5.91 Å². The number of fused-ring (bicyclic) bond motifs is 1. The zero-order chi connectivity index (χ0) is 23.7. The fourth-order valence-corrected chi connectivity index (χ4v) is 3.64. The fraction of sp³-hybridized carbons (Fsp3) is 0.120. The molecule has 9 nitrogen and oxygen atoms in total. The largest absolute Gasteiger partial charge is 0.457 e. The Balaban J connectivity index is 1.44. The van der Waals surface area contributed by atoms with E-state index in [0.29, 0.717) is 23.2 Å². The number of carbonyl (C=O) groups is 1. The molecule has 0 fully saturated rings. The Morgan fingerprint density at radius 1 is 1.06 bits per heavy atom. The molecule has 0 unspecified atom stereocenters. The van der Waals surface area contributed by atoms with Crippen LogP contribution in [0.25, 0.3) is 22.3 Å². The van der Waals surface area contributed by atoms with E-state index in [4.69, 9.17) is 14.2 Å². The van der Waals surface area contributed by atoms with Gasteiger partial charge in [-0.05, 0) is 25.1 Å². The van der Waals surface area contributed by atoms with Gasteiger partial charge in [-0.2, -0.15) is 0 Å². The van der Waals surface area contributed by atoms with Crippen molar-refractivity contribution in [2.45, 2.75) is 6.92 Å². The van der Waals surface area contributed by atoms with Crippen molar-refractivity contribution in [3.05, 3.63) is 78.3 Å². The highest BCUT2D eigenvalue weighted by Crippen LogP contribution is 2.33. The minimum atomic E-state index is -0.278. The molecule has 1 amide bonds. The first-order valence-electron chi connectivity index (χ1n) is 10.6. The zero-order valence-electron chi connectivity index (χ0n) is 18.9. The van der Waals surface area contributed by atoms with Gasteiger partial charge in [0.15, 0.2) is 5.76 Å². The number of anilines is 2. The molecule has 0 saturated carbocycles. The molecular formula is C25H22N6O3. The van der Waals surface area contributed by atoms with Crippen molar-refractivity contribution >= 4 is 28.6 Å². The van der Waals surface area contributed by atoms with Gasteiger partial charge in [0.05, 0.1) is 11.0 Å². The number of nitrogens with zero attached hydrogens (tertiary/aromatic N) is 4. The lowest BCUT2D eigenvalue weighted by Crippen LogP contribution is -2.18. The van der Waals surface area contributed by atoms with Crippen LogP contribution < -0.4 is 15.4 Å². The summed E-state index contributed by atoms with van der Waals surface area (Å²) in [6, 6.07) is 18.8. The highest BCUT2D eigenvalue weighted by Gasteiger charge is 2.18. The Morgan fingerprint density at radius 2 is 1.85 bits per heavy atom. The van der Waals surface area contributed by atoms with E-state index in [1.54, 1.807) is 19.2 Å². The van der Waals surface area contributed by atoms with Crippen molar-refractivity contribution in [1.82, 2.24) is 25.0 Å². The first-order valence-corrected chi connectivity index (χ1v) is 10.6. The molecule has 3 heterocycles. The van der Waals surface area contributed by atoms with E-state index in [1.807, 2.05) is 67.1 Å². The van der Waals surface area contributed by atoms with Gasteiger partial charge < -0.3 is 24.5 Å². The van der Waals surface area contributed by atoms with Crippen LogP contribution in [0.2, 0.25) is 0 Å². The molecule has 3 aromatic heterocycles. The monoisotopic (exact) mass is 454 g/mol. The number of benzene rings is 2. The van der Waals surface area contributed by atoms with E-state index in [1.165, 1.54) is 6.20 Å². The third-order valence-corrected chi connectivity index (χ3v) is 5.43. The maximum absolute atomic E-state index is 11.8. The second-order valence-corrected chi connectivity index (χ2v) is 7.66. The van der Waals surface area contributed by atoms with Crippen molar-refractivity contribution in [1.29, 1.82) is 0 Å². The average molecular weight is 454 g/mol. The summed E-state index contributed by atoms with van der Waals surface area (Å²) in [5, 5.41) is 10.2. The van der Waals surface area contributed by atoms with Crippen LogP contribution in [0, 0.1) is 6.92 Å². The number of rotatable bonds is 6. The van der Waals surface area contributed by atoms with E-state index in [-0.39, 0.29) is 11.6 Å². The minimum absolute atomic E-state index is 0.278. The third-order valence-electron chi connectivity index (χ3n) is 5.43. The first-order chi connectivity index (χ1) is 16.5. The van der Waals surface area contributed by atoms with Crippen molar-refractivity contribution in [3.63, 3.8) is 0 Å². The predicted molar refractivity (Wildman–Crippen MR) is 128 cm³/mol. The molecule has 2 N–H and O–H groups in total. The van der Waals surface area contributed by atoms with Gasteiger partial charge in [0, 0.05) is 38.0 Å². The Bertz CT molecular complexity index is 1490. The molecule has 5 rings (SSSR count). The molecule has 0 spiro atoms. The number of amides is 1. The number of pyridine rings is 1. The summed E-state index contributed by atoms with van der Waals surface area (Å²) in [5.74, 6) is 2.13. The molecule has 2 aromatic carbocycles. The molecule has 0 aliphatic heterocycles.